The van der Waals surface area contributed by atoms with E-state index in [4.69, 9.17) is 5.73 Å². The summed E-state index contributed by atoms with van der Waals surface area (Å²) >= 11 is 0. The Kier molecular flexibility index (Phi) is 8.06. The maximum absolute atomic E-state index is 13.2. The molecular formula is C23H36ClN5O. The van der Waals surface area contributed by atoms with Crippen LogP contribution in [0.25, 0.3) is 5.69 Å². The summed E-state index contributed by atoms with van der Waals surface area (Å²) in [5.41, 5.74) is 9.75. The van der Waals surface area contributed by atoms with Crippen molar-refractivity contribution in [1.29, 1.82) is 0 Å². The summed E-state index contributed by atoms with van der Waals surface area (Å²) in [5.74, 6) is 0.486. The van der Waals surface area contributed by atoms with E-state index in [9.17, 15) is 4.79 Å². The van der Waals surface area contributed by atoms with Gasteiger partial charge in [-0.3, -0.25) is 4.79 Å². The van der Waals surface area contributed by atoms with Crippen LogP contribution >= 0.6 is 12.4 Å². The number of halogens is 1. The Morgan fingerprint density at radius 3 is 2.30 bits per heavy atom. The molecule has 166 valence electrons. The van der Waals surface area contributed by atoms with Gasteiger partial charge in [0.15, 0.2) is 5.69 Å². The normalized spacial score (nSPS) is 16.3. The van der Waals surface area contributed by atoms with Gasteiger partial charge in [0, 0.05) is 19.1 Å². The molecule has 1 aliphatic heterocycles. The number of aromatic nitrogens is 3. The van der Waals surface area contributed by atoms with E-state index in [0.717, 1.165) is 50.2 Å². The number of nitrogens with zero attached hydrogens (tertiary/aromatic N) is 4. The van der Waals surface area contributed by atoms with Gasteiger partial charge in [-0.15, -0.1) is 17.5 Å². The zero-order chi connectivity index (χ0) is 21.2. The Labute approximate surface area is 186 Å². The van der Waals surface area contributed by atoms with E-state index >= 15 is 0 Å². The Balaban J connectivity index is 0.00000320. The number of hydrogen-bond donors (Lipinski definition) is 1. The molecule has 0 spiro atoms. The largest absolute Gasteiger partial charge is 0.337 e. The molecule has 1 fully saturated rings. The zero-order valence-electron chi connectivity index (χ0n) is 18.9. The molecule has 1 aromatic carbocycles. The lowest BCUT2D eigenvalue weighted by atomic mass is 9.87. The van der Waals surface area contributed by atoms with Crippen LogP contribution in [0.4, 0.5) is 0 Å². The topological polar surface area (TPSA) is 77.0 Å². The highest BCUT2D eigenvalue weighted by Crippen LogP contribution is 2.25. The van der Waals surface area contributed by atoms with E-state index in [2.05, 4.69) is 69.2 Å². The monoisotopic (exact) mass is 433 g/mol. The second-order valence-corrected chi connectivity index (χ2v) is 9.33. The highest BCUT2D eigenvalue weighted by molar-refractivity contribution is 5.93. The molecule has 1 aliphatic rings. The molecule has 7 heteroatoms. The van der Waals surface area contributed by atoms with E-state index < -0.39 is 0 Å². The van der Waals surface area contributed by atoms with Crippen LogP contribution in [0, 0.1) is 5.92 Å². The SMILES string of the molecule is CCCc1c(C(=O)N2CCC(C(C)N)CC2)nnn1-c1ccc(C(C)(C)C)cc1.Cl. The molecule has 1 amide bonds. The molecule has 30 heavy (non-hydrogen) atoms. The lowest BCUT2D eigenvalue weighted by molar-refractivity contribution is 0.0673. The highest BCUT2D eigenvalue weighted by atomic mass is 35.5. The van der Waals surface area contributed by atoms with Crippen molar-refractivity contribution in [1.82, 2.24) is 19.9 Å². The first-order chi connectivity index (χ1) is 13.7. The molecular weight excluding hydrogens is 398 g/mol. The molecule has 1 aromatic heterocycles. The molecule has 1 atom stereocenters. The summed E-state index contributed by atoms with van der Waals surface area (Å²) in [6, 6.07) is 8.58. The quantitative estimate of drug-likeness (QED) is 0.768. The predicted octanol–water partition coefficient (Wildman–Crippen LogP) is 4.14. The molecule has 3 rings (SSSR count). The molecule has 0 radical (unpaired) electrons. The number of carbonyl (C=O) groups excluding carboxylic acids is 1. The molecule has 2 aromatic rings. The molecule has 2 heterocycles. The Morgan fingerprint density at radius 2 is 1.80 bits per heavy atom. The van der Waals surface area contributed by atoms with Crippen molar-refractivity contribution in [2.75, 3.05) is 13.1 Å². The van der Waals surface area contributed by atoms with Gasteiger partial charge in [0.2, 0.25) is 0 Å². The lowest BCUT2D eigenvalue weighted by Gasteiger charge is -2.33. The first kappa shape index (κ1) is 24.4. The number of benzene rings is 1. The lowest BCUT2D eigenvalue weighted by Crippen LogP contribution is -2.42. The smallest absolute Gasteiger partial charge is 0.276 e. The average Bonchev–Trinajstić information content (AvgIpc) is 3.11. The van der Waals surface area contributed by atoms with Gasteiger partial charge in [-0.2, -0.15) is 0 Å². The van der Waals surface area contributed by atoms with E-state index in [1.54, 1.807) is 0 Å². The van der Waals surface area contributed by atoms with Crippen LogP contribution in [0.1, 0.15) is 75.6 Å². The minimum Gasteiger partial charge on any atom is -0.337 e. The Morgan fingerprint density at radius 1 is 1.20 bits per heavy atom. The summed E-state index contributed by atoms with van der Waals surface area (Å²) in [7, 11) is 0. The second-order valence-electron chi connectivity index (χ2n) is 9.33. The number of nitrogens with two attached hydrogens (primary N) is 1. The molecule has 1 unspecified atom stereocenters. The number of carbonyl (C=O) groups is 1. The third-order valence-electron chi connectivity index (χ3n) is 6.00. The molecule has 1 saturated heterocycles. The van der Waals surface area contributed by atoms with Crippen molar-refractivity contribution in [3.05, 3.63) is 41.2 Å². The van der Waals surface area contributed by atoms with Gasteiger partial charge in [-0.25, -0.2) is 4.68 Å². The Bertz CT molecular complexity index is 830. The van der Waals surface area contributed by atoms with Gasteiger partial charge in [-0.1, -0.05) is 51.5 Å². The Hall–Kier alpha value is -1.92. The summed E-state index contributed by atoms with van der Waals surface area (Å²) in [6.45, 7) is 12.2. The molecule has 0 saturated carbocycles. The summed E-state index contributed by atoms with van der Waals surface area (Å²) in [5, 5.41) is 8.66. The predicted molar refractivity (Wildman–Crippen MR) is 124 cm³/mol. The van der Waals surface area contributed by atoms with Crippen LogP contribution in [0.15, 0.2) is 24.3 Å². The fourth-order valence-corrected chi connectivity index (χ4v) is 4.02. The summed E-state index contributed by atoms with van der Waals surface area (Å²) < 4.78 is 1.83. The van der Waals surface area contributed by atoms with Gasteiger partial charge in [0.25, 0.3) is 5.91 Å². The summed E-state index contributed by atoms with van der Waals surface area (Å²) in [6.07, 6.45) is 3.61. The van der Waals surface area contributed by atoms with E-state index in [1.165, 1.54) is 5.56 Å². The molecule has 0 bridgehead atoms. The minimum absolute atomic E-state index is 0. The average molecular weight is 434 g/mol. The number of hydrogen-bond acceptors (Lipinski definition) is 4. The number of likely N-dealkylation sites (tertiary alicyclic amines) is 1. The zero-order valence-corrected chi connectivity index (χ0v) is 19.7. The standard InChI is InChI=1S/C23H35N5O.ClH/c1-6-7-20-21(22(29)27-14-12-17(13-15-27)16(2)24)25-26-28(20)19-10-8-18(9-11-19)23(3,4)5;/h8-11,16-17H,6-7,12-15,24H2,1-5H3;1H. The molecule has 6 nitrogen and oxygen atoms in total. The van der Waals surface area contributed by atoms with Crippen LogP contribution in [0.3, 0.4) is 0 Å². The van der Waals surface area contributed by atoms with Gasteiger partial charge >= 0.3 is 0 Å². The van der Waals surface area contributed by atoms with Crippen LogP contribution in [-0.2, 0) is 11.8 Å². The number of piperidine rings is 1. The van der Waals surface area contributed by atoms with E-state index in [-0.39, 0.29) is 29.8 Å². The van der Waals surface area contributed by atoms with Gasteiger partial charge in [0.1, 0.15) is 0 Å². The van der Waals surface area contributed by atoms with Crippen LogP contribution in [0.2, 0.25) is 0 Å². The van der Waals surface area contributed by atoms with Gasteiger partial charge < -0.3 is 10.6 Å². The fourth-order valence-electron chi connectivity index (χ4n) is 4.02. The third kappa shape index (κ3) is 5.22. The van der Waals surface area contributed by atoms with Crippen LogP contribution in [0.5, 0.6) is 0 Å². The molecule has 2 N–H and O–H groups in total. The van der Waals surface area contributed by atoms with E-state index in [1.807, 2.05) is 9.58 Å². The fraction of sp³-hybridized carbons (Fsp3) is 0.609. The summed E-state index contributed by atoms with van der Waals surface area (Å²) in [4.78, 5) is 15.1. The van der Waals surface area contributed by atoms with Crippen LogP contribution < -0.4 is 5.73 Å². The van der Waals surface area contributed by atoms with Crippen molar-refractivity contribution in [2.45, 2.75) is 71.8 Å². The minimum atomic E-state index is -0.00543. The van der Waals surface area contributed by atoms with Crippen molar-refractivity contribution < 1.29 is 4.79 Å². The van der Waals surface area contributed by atoms with Crippen molar-refractivity contribution in [3.8, 4) is 5.69 Å². The second kappa shape index (κ2) is 9.92. The number of rotatable bonds is 5. The third-order valence-corrected chi connectivity index (χ3v) is 6.00. The van der Waals surface area contributed by atoms with Gasteiger partial charge in [-0.05, 0) is 55.2 Å². The van der Waals surface area contributed by atoms with Crippen LogP contribution in [-0.4, -0.2) is 44.9 Å². The van der Waals surface area contributed by atoms with Crippen molar-refractivity contribution >= 4 is 18.3 Å². The maximum Gasteiger partial charge on any atom is 0.276 e. The molecule has 0 aliphatic carbocycles. The first-order valence-corrected chi connectivity index (χ1v) is 10.8. The maximum atomic E-state index is 13.2. The first-order valence-electron chi connectivity index (χ1n) is 10.8. The highest BCUT2D eigenvalue weighted by Gasteiger charge is 2.29. The van der Waals surface area contributed by atoms with Crippen molar-refractivity contribution in [2.24, 2.45) is 11.7 Å². The van der Waals surface area contributed by atoms with Crippen molar-refractivity contribution in [3.63, 3.8) is 0 Å². The van der Waals surface area contributed by atoms with Gasteiger partial charge in [0.05, 0.1) is 11.4 Å². The number of amides is 1. The van der Waals surface area contributed by atoms with E-state index in [0.29, 0.717) is 11.6 Å².